The summed E-state index contributed by atoms with van der Waals surface area (Å²) in [6.45, 7) is 0.540. The van der Waals surface area contributed by atoms with Crippen LogP contribution in [-0.4, -0.2) is 32.4 Å². The molecule has 0 bridgehead atoms. The Kier molecular flexibility index (Phi) is 3.54. The Balaban J connectivity index is 1.49. The van der Waals surface area contributed by atoms with Crippen LogP contribution < -0.4 is 14.8 Å². The number of aromatic nitrogens is 4. The van der Waals surface area contributed by atoms with Crippen LogP contribution in [0.4, 0.5) is 0 Å². The van der Waals surface area contributed by atoms with Crippen LogP contribution in [0, 0.1) is 0 Å². The molecular formula is C16H13N5O3. The van der Waals surface area contributed by atoms with Crippen molar-refractivity contribution in [1.29, 1.82) is 0 Å². The van der Waals surface area contributed by atoms with E-state index in [-0.39, 0.29) is 12.7 Å². The molecule has 8 nitrogen and oxygen atoms in total. The third kappa shape index (κ3) is 2.65. The number of nitrogens with zero attached hydrogens (tertiary/aromatic N) is 4. The van der Waals surface area contributed by atoms with E-state index in [9.17, 15) is 4.79 Å². The summed E-state index contributed by atoms with van der Waals surface area (Å²) in [5, 5.41) is 6.87. The molecule has 1 N–H and O–H groups in total. The molecule has 1 aliphatic heterocycles. The standard InChI is InChI=1S/C16H13N5O3/c22-16(11-4-5-18-14(6-11)21-9-17-8-20-21)19-7-12-2-1-3-13-15(12)24-10-23-13/h1-6,8-9H,7,10H2,(H,19,22). The zero-order chi connectivity index (χ0) is 16.4. The molecular weight excluding hydrogens is 310 g/mol. The third-order valence-corrected chi connectivity index (χ3v) is 3.58. The van der Waals surface area contributed by atoms with Gasteiger partial charge in [-0.3, -0.25) is 4.79 Å². The van der Waals surface area contributed by atoms with E-state index < -0.39 is 0 Å². The first-order valence-corrected chi connectivity index (χ1v) is 7.28. The van der Waals surface area contributed by atoms with Gasteiger partial charge < -0.3 is 14.8 Å². The van der Waals surface area contributed by atoms with Crippen LogP contribution in [0.5, 0.6) is 11.5 Å². The highest BCUT2D eigenvalue weighted by Gasteiger charge is 2.17. The van der Waals surface area contributed by atoms with Gasteiger partial charge in [-0.15, -0.1) is 0 Å². The van der Waals surface area contributed by atoms with Crippen LogP contribution in [0.3, 0.4) is 0 Å². The Hall–Kier alpha value is -3.42. The first-order valence-electron chi connectivity index (χ1n) is 7.28. The number of nitrogens with one attached hydrogen (secondary N) is 1. The summed E-state index contributed by atoms with van der Waals surface area (Å²) in [5.74, 6) is 1.68. The quantitative estimate of drug-likeness (QED) is 0.778. The van der Waals surface area contributed by atoms with Crippen LogP contribution in [0.15, 0.2) is 49.2 Å². The minimum Gasteiger partial charge on any atom is -0.454 e. The second-order valence-corrected chi connectivity index (χ2v) is 5.08. The number of fused-ring (bicyclic) bond motifs is 1. The van der Waals surface area contributed by atoms with Crippen molar-refractivity contribution in [3.63, 3.8) is 0 Å². The maximum absolute atomic E-state index is 12.4. The van der Waals surface area contributed by atoms with Crippen molar-refractivity contribution < 1.29 is 14.3 Å². The van der Waals surface area contributed by atoms with Crippen LogP contribution in [0.2, 0.25) is 0 Å². The number of pyridine rings is 1. The molecule has 4 rings (SSSR count). The fourth-order valence-corrected chi connectivity index (χ4v) is 2.42. The van der Waals surface area contributed by atoms with Crippen molar-refractivity contribution in [3.8, 4) is 17.3 Å². The first-order chi connectivity index (χ1) is 11.8. The Labute approximate surface area is 137 Å². The smallest absolute Gasteiger partial charge is 0.251 e. The molecule has 3 heterocycles. The summed E-state index contributed by atoms with van der Waals surface area (Å²) < 4.78 is 12.3. The molecule has 0 saturated carbocycles. The highest BCUT2D eigenvalue weighted by atomic mass is 16.7. The van der Waals surface area contributed by atoms with Crippen molar-refractivity contribution in [2.45, 2.75) is 6.54 Å². The molecule has 1 aliphatic rings. The summed E-state index contributed by atoms with van der Waals surface area (Å²) >= 11 is 0. The zero-order valence-electron chi connectivity index (χ0n) is 12.5. The molecule has 120 valence electrons. The van der Waals surface area contributed by atoms with Crippen LogP contribution >= 0.6 is 0 Å². The molecule has 0 unspecified atom stereocenters. The van der Waals surface area contributed by atoms with Crippen molar-refractivity contribution in [3.05, 3.63) is 60.3 Å². The highest BCUT2D eigenvalue weighted by molar-refractivity contribution is 5.94. The fraction of sp³-hybridized carbons (Fsp3) is 0.125. The molecule has 0 aliphatic carbocycles. The van der Waals surface area contributed by atoms with Gasteiger partial charge in [-0.1, -0.05) is 12.1 Å². The van der Waals surface area contributed by atoms with E-state index in [0.29, 0.717) is 29.4 Å². The second-order valence-electron chi connectivity index (χ2n) is 5.08. The van der Waals surface area contributed by atoms with Crippen molar-refractivity contribution in [2.75, 3.05) is 6.79 Å². The molecule has 3 aromatic rings. The number of hydrogen-bond donors (Lipinski definition) is 1. The summed E-state index contributed by atoms with van der Waals surface area (Å²) in [5.41, 5.74) is 1.35. The molecule has 1 amide bonds. The maximum Gasteiger partial charge on any atom is 0.251 e. The Bertz CT molecular complexity index is 879. The minimum atomic E-state index is -0.213. The predicted octanol–water partition coefficient (Wildman–Crippen LogP) is 1.32. The van der Waals surface area contributed by atoms with Gasteiger partial charge in [-0.2, -0.15) is 5.10 Å². The maximum atomic E-state index is 12.4. The number of rotatable bonds is 4. The zero-order valence-corrected chi connectivity index (χ0v) is 12.5. The van der Waals surface area contributed by atoms with Gasteiger partial charge in [-0.25, -0.2) is 14.6 Å². The number of benzene rings is 1. The Morgan fingerprint density at radius 3 is 3.12 bits per heavy atom. The fourth-order valence-electron chi connectivity index (χ4n) is 2.42. The minimum absolute atomic E-state index is 0.200. The Morgan fingerprint density at radius 2 is 2.25 bits per heavy atom. The van der Waals surface area contributed by atoms with Gasteiger partial charge in [0.2, 0.25) is 6.79 Å². The van der Waals surface area contributed by atoms with Gasteiger partial charge >= 0.3 is 0 Å². The van der Waals surface area contributed by atoms with E-state index in [2.05, 4.69) is 20.4 Å². The summed E-state index contributed by atoms with van der Waals surface area (Å²) in [4.78, 5) is 20.4. The molecule has 8 heteroatoms. The van der Waals surface area contributed by atoms with Crippen molar-refractivity contribution >= 4 is 5.91 Å². The topological polar surface area (TPSA) is 91.2 Å². The lowest BCUT2D eigenvalue weighted by Gasteiger charge is -2.08. The van der Waals surface area contributed by atoms with E-state index >= 15 is 0 Å². The molecule has 24 heavy (non-hydrogen) atoms. The molecule has 0 saturated heterocycles. The summed E-state index contributed by atoms with van der Waals surface area (Å²) in [6.07, 6.45) is 4.49. The van der Waals surface area contributed by atoms with E-state index in [4.69, 9.17) is 9.47 Å². The monoisotopic (exact) mass is 323 g/mol. The number of amides is 1. The molecule has 0 atom stereocenters. The van der Waals surface area contributed by atoms with E-state index in [1.165, 1.54) is 17.3 Å². The highest BCUT2D eigenvalue weighted by Crippen LogP contribution is 2.35. The van der Waals surface area contributed by atoms with Crippen molar-refractivity contribution in [2.24, 2.45) is 0 Å². The first kappa shape index (κ1) is 14.2. The number of hydrogen-bond acceptors (Lipinski definition) is 6. The number of carbonyl (C=O) groups excluding carboxylic acids is 1. The second kappa shape index (κ2) is 5.99. The van der Waals surface area contributed by atoms with Gasteiger partial charge in [0.05, 0.1) is 0 Å². The van der Waals surface area contributed by atoms with Gasteiger partial charge in [0, 0.05) is 23.9 Å². The lowest BCUT2D eigenvalue weighted by molar-refractivity contribution is 0.0950. The third-order valence-electron chi connectivity index (χ3n) is 3.58. The van der Waals surface area contributed by atoms with Gasteiger partial charge in [0.25, 0.3) is 5.91 Å². The van der Waals surface area contributed by atoms with Crippen LogP contribution in [-0.2, 0) is 6.54 Å². The van der Waals surface area contributed by atoms with E-state index in [1.807, 2.05) is 18.2 Å². The normalized spacial score (nSPS) is 12.2. The number of para-hydroxylation sites is 1. The summed E-state index contributed by atoms with van der Waals surface area (Å²) in [7, 11) is 0. The molecule has 1 aromatic carbocycles. The average molecular weight is 323 g/mol. The lowest BCUT2D eigenvalue weighted by atomic mass is 10.1. The predicted molar refractivity (Wildman–Crippen MR) is 82.9 cm³/mol. The molecule has 0 spiro atoms. The van der Waals surface area contributed by atoms with Gasteiger partial charge in [0.15, 0.2) is 17.3 Å². The SMILES string of the molecule is O=C(NCc1cccc2c1OCO2)c1ccnc(-n2cncn2)c1. The molecule has 0 radical (unpaired) electrons. The van der Waals surface area contributed by atoms with Gasteiger partial charge in [-0.05, 0) is 18.2 Å². The largest absolute Gasteiger partial charge is 0.454 e. The van der Waals surface area contributed by atoms with Crippen LogP contribution in [0.25, 0.3) is 5.82 Å². The number of ether oxygens (including phenoxy) is 2. The molecule has 0 fully saturated rings. The molecule has 2 aromatic heterocycles. The van der Waals surface area contributed by atoms with E-state index in [1.54, 1.807) is 18.3 Å². The lowest BCUT2D eigenvalue weighted by Crippen LogP contribution is -2.23. The number of carbonyl (C=O) groups is 1. The van der Waals surface area contributed by atoms with Gasteiger partial charge in [0.1, 0.15) is 12.7 Å². The summed E-state index contributed by atoms with van der Waals surface area (Å²) in [6, 6.07) is 8.89. The van der Waals surface area contributed by atoms with E-state index in [0.717, 1.165) is 5.56 Å². The van der Waals surface area contributed by atoms with Crippen LogP contribution in [0.1, 0.15) is 15.9 Å². The Morgan fingerprint density at radius 1 is 1.29 bits per heavy atom. The van der Waals surface area contributed by atoms with Crippen molar-refractivity contribution in [1.82, 2.24) is 25.1 Å². The average Bonchev–Trinajstić information content (AvgIpc) is 3.31.